The lowest BCUT2D eigenvalue weighted by Crippen LogP contribution is -2.18. The smallest absolute Gasteiger partial charge is 0.342 e. The zero-order valence-corrected chi connectivity index (χ0v) is 16.3. The van der Waals surface area contributed by atoms with Crippen molar-refractivity contribution in [1.29, 1.82) is 0 Å². The minimum Gasteiger partial charge on any atom is -0.507 e. The van der Waals surface area contributed by atoms with Gasteiger partial charge >= 0.3 is 5.97 Å². The molecule has 0 amide bonds. The maximum absolute atomic E-state index is 12.5. The molecule has 1 aromatic rings. The summed E-state index contributed by atoms with van der Waals surface area (Å²) < 4.78 is 5.16. The Balaban J connectivity index is 2.68. The molecule has 0 spiro atoms. The van der Waals surface area contributed by atoms with Crippen molar-refractivity contribution in [2.45, 2.75) is 59.3 Å². The van der Waals surface area contributed by atoms with Crippen LogP contribution in [0.4, 0.5) is 0 Å². The lowest BCUT2D eigenvalue weighted by Gasteiger charge is -2.32. The third kappa shape index (κ3) is 3.95. The molecule has 4 heteroatoms. The average Bonchev–Trinajstić information content (AvgIpc) is 2.54. The van der Waals surface area contributed by atoms with E-state index in [0.29, 0.717) is 17.5 Å². The highest BCUT2D eigenvalue weighted by Crippen LogP contribution is 2.48. The van der Waals surface area contributed by atoms with E-state index in [-0.39, 0.29) is 35.5 Å². The molecule has 0 aliphatic heterocycles. The van der Waals surface area contributed by atoms with Gasteiger partial charge in [0.05, 0.1) is 6.61 Å². The highest BCUT2D eigenvalue weighted by Gasteiger charge is 2.33. The predicted octanol–water partition coefficient (Wildman–Crippen LogP) is 5.24. The lowest BCUT2D eigenvalue weighted by molar-refractivity contribution is 0.0521. The van der Waals surface area contributed by atoms with Crippen molar-refractivity contribution < 1.29 is 19.7 Å². The van der Waals surface area contributed by atoms with Gasteiger partial charge in [0.25, 0.3) is 0 Å². The van der Waals surface area contributed by atoms with Gasteiger partial charge in [-0.25, -0.2) is 4.79 Å². The number of carbonyl (C=O) groups excluding carboxylic acids is 1. The van der Waals surface area contributed by atoms with Crippen LogP contribution in [0, 0.1) is 5.92 Å². The predicted molar refractivity (Wildman–Crippen MR) is 104 cm³/mol. The topological polar surface area (TPSA) is 66.8 Å². The van der Waals surface area contributed by atoms with E-state index in [9.17, 15) is 15.0 Å². The van der Waals surface area contributed by atoms with E-state index in [4.69, 9.17) is 4.74 Å². The van der Waals surface area contributed by atoms with E-state index < -0.39 is 5.97 Å². The van der Waals surface area contributed by atoms with Gasteiger partial charge in [0, 0.05) is 11.5 Å². The molecule has 142 valence electrons. The number of carbonyl (C=O) groups is 1. The Morgan fingerprint density at radius 1 is 1.35 bits per heavy atom. The van der Waals surface area contributed by atoms with E-state index in [1.807, 2.05) is 20.8 Å². The quantitative estimate of drug-likeness (QED) is 0.539. The molecule has 26 heavy (non-hydrogen) atoms. The molecule has 1 aromatic carbocycles. The van der Waals surface area contributed by atoms with Crippen LogP contribution in [0.25, 0.3) is 0 Å². The van der Waals surface area contributed by atoms with Gasteiger partial charge < -0.3 is 14.9 Å². The maximum Gasteiger partial charge on any atom is 0.342 e. The first-order valence-corrected chi connectivity index (χ1v) is 9.39. The van der Waals surface area contributed by atoms with Gasteiger partial charge in [-0.3, -0.25) is 0 Å². The minimum absolute atomic E-state index is 0.0289. The monoisotopic (exact) mass is 358 g/mol. The molecule has 0 bridgehead atoms. The van der Waals surface area contributed by atoms with Crippen molar-refractivity contribution in [3.8, 4) is 11.5 Å². The summed E-state index contributed by atoms with van der Waals surface area (Å²) in [5.74, 6) is -0.763. The fraction of sp³-hybridized carbons (Fsp3) is 0.500. The zero-order valence-electron chi connectivity index (χ0n) is 16.3. The summed E-state index contributed by atoms with van der Waals surface area (Å²) in [4.78, 5) is 12.5. The van der Waals surface area contributed by atoms with Crippen molar-refractivity contribution in [2.24, 2.45) is 5.92 Å². The minimum atomic E-state index is -0.543. The summed E-state index contributed by atoms with van der Waals surface area (Å²) in [7, 11) is 0. The summed E-state index contributed by atoms with van der Waals surface area (Å²) in [6.07, 6.45) is 5.33. The number of aryl methyl sites for hydroxylation is 1. The van der Waals surface area contributed by atoms with E-state index in [0.717, 1.165) is 24.8 Å². The Morgan fingerprint density at radius 3 is 2.62 bits per heavy atom. The van der Waals surface area contributed by atoms with Crippen molar-refractivity contribution in [1.82, 2.24) is 0 Å². The Labute approximate surface area is 156 Å². The number of phenolic OH excluding ortho intramolecular Hbond substituents is 2. The highest BCUT2D eigenvalue weighted by atomic mass is 16.5. The van der Waals surface area contributed by atoms with Gasteiger partial charge in [0.2, 0.25) is 0 Å². The second-order valence-electron chi connectivity index (χ2n) is 7.19. The lowest BCUT2D eigenvalue weighted by atomic mass is 9.73. The number of benzene rings is 1. The number of phenols is 2. The van der Waals surface area contributed by atoms with Gasteiger partial charge in [0.15, 0.2) is 0 Å². The van der Waals surface area contributed by atoms with Gasteiger partial charge in [-0.1, -0.05) is 37.1 Å². The summed E-state index contributed by atoms with van der Waals surface area (Å²) in [5, 5.41) is 21.7. The Hall–Kier alpha value is -2.23. The molecule has 2 rings (SSSR count). The summed E-state index contributed by atoms with van der Waals surface area (Å²) >= 11 is 0. The molecule has 0 saturated heterocycles. The number of allylic oxidation sites excluding steroid dienone is 3. The molecule has 2 N–H and O–H groups in total. The third-order valence-corrected chi connectivity index (χ3v) is 5.11. The average molecular weight is 358 g/mol. The molecule has 1 aliphatic carbocycles. The summed E-state index contributed by atoms with van der Waals surface area (Å²) in [5.41, 5.74) is 3.42. The number of ether oxygens (including phenoxy) is 1. The van der Waals surface area contributed by atoms with Gasteiger partial charge in [-0.15, -0.1) is 0 Å². The van der Waals surface area contributed by atoms with Crippen LogP contribution < -0.4 is 0 Å². The van der Waals surface area contributed by atoms with Crippen LogP contribution in [-0.4, -0.2) is 22.8 Å². The molecule has 4 nitrogen and oxygen atoms in total. The second-order valence-corrected chi connectivity index (χ2v) is 7.19. The van der Waals surface area contributed by atoms with Crippen LogP contribution >= 0.6 is 0 Å². The SMILES string of the molecule is C=C(C)[C@@H]1CCC(C)=C[C@H]1c1c(O)cc(CCC)c(C(=O)OCC)c1O. The first-order valence-electron chi connectivity index (χ1n) is 9.39. The van der Waals surface area contributed by atoms with Crippen LogP contribution in [0.2, 0.25) is 0 Å². The van der Waals surface area contributed by atoms with Crippen LogP contribution in [-0.2, 0) is 11.2 Å². The standard InChI is InChI=1S/C22H30O4/c1-6-8-15-12-18(23)20(21(24)19(15)22(25)26-7-2)17-11-14(5)9-10-16(17)13(3)4/h11-12,16-17,23-24H,3,6-10H2,1-2,4-5H3/t16-,17+/m0/s1. The molecule has 0 aromatic heterocycles. The highest BCUT2D eigenvalue weighted by molar-refractivity contribution is 5.95. The first kappa shape index (κ1) is 20.1. The fourth-order valence-corrected chi connectivity index (χ4v) is 3.86. The van der Waals surface area contributed by atoms with E-state index in [2.05, 4.69) is 12.7 Å². The first-order chi connectivity index (χ1) is 12.3. The Kier molecular flexibility index (Phi) is 6.52. The number of aromatic hydroxyl groups is 2. The van der Waals surface area contributed by atoms with E-state index in [1.165, 1.54) is 5.57 Å². The third-order valence-electron chi connectivity index (χ3n) is 5.11. The van der Waals surface area contributed by atoms with Crippen LogP contribution in [0.15, 0.2) is 29.9 Å². The number of rotatable bonds is 6. The molecule has 0 fully saturated rings. The largest absolute Gasteiger partial charge is 0.507 e. The molecular formula is C22H30O4. The molecule has 0 heterocycles. The molecule has 0 saturated carbocycles. The fourth-order valence-electron chi connectivity index (χ4n) is 3.86. The maximum atomic E-state index is 12.5. The van der Waals surface area contributed by atoms with Gasteiger partial charge in [-0.05, 0) is 57.6 Å². The van der Waals surface area contributed by atoms with Crippen molar-refractivity contribution in [3.63, 3.8) is 0 Å². The molecule has 2 atom stereocenters. The van der Waals surface area contributed by atoms with Crippen molar-refractivity contribution >= 4 is 5.97 Å². The Morgan fingerprint density at radius 2 is 2.04 bits per heavy atom. The second kappa shape index (κ2) is 8.43. The molecule has 0 radical (unpaired) electrons. The van der Waals surface area contributed by atoms with Crippen LogP contribution in [0.5, 0.6) is 11.5 Å². The molecular weight excluding hydrogens is 328 g/mol. The van der Waals surface area contributed by atoms with E-state index in [1.54, 1.807) is 13.0 Å². The normalized spacial score (nSPS) is 19.8. The number of hydrogen-bond acceptors (Lipinski definition) is 4. The summed E-state index contributed by atoms with van der Waals surface area (Å²) in [6, 6.07) is 1.61. The number of hydrogen-bond donors (Lipinski definition) is 2. The van der Waals surface area contributed by atoms with Crippen LogP contribution in [0.3, 0.4) is 0 Å². The Bertz CT molecular complexity index is 730. The summed E-state index contributed by atoms with van der Waals surface area (Å²) in [6.45, 7) is 12.1. The van der Waals surface area contributed by atoms with Crippen LogP contribution in [0.1, 0.15) is 74.4 Å². The van der Waals surface area contributed by atoms with Crippen molar-refractivity contribution in [3.05, 3.63) is 46.6 Å². The molecule has 0 unspecified atom stereocenters. The van der Waals surface area contributed by atoms with Gasteiger partial charge in [0.1, 0.15) is 17.1 Å². The number of esters is 1. The molecule has 1 aliphatic rings. The zero-order chi connectivity index (χ0) is 19.4. The van der Waals surface area contributed by atoms with Crippen molar-refractivity contribution in [2.75, 3.05) is 6.61 Å². The van der Waals surface area contributed by atoms with Gasteiger partial charge in [-0.2, -0.15) is 0 Å². The van der Waals surface area contributed by atoms with E-state index >= 15 is 0 Å².